The number of likely N-dealkylation sites (tertiary alicyclic amines) is 1. The Hall–Kier alpha value is -0.830. The second kappa shape index (κ2) is 12.5. The first-order chi connectivity index (χ1) is 11.7. The predicted octanol–water partition coefficient (Wildman–Crippen LogP) is 2.57. The molecule has 144 valence electrons. The third-order valence-corrected chi connectivity index (χ3v) is 4.55. The topological polar surface area (TPSA) is 57.5 Å². The number of guanidine groups is 1. The van der Waals surface area contributed by atoms with Gasteiger partial charge in [0.05, 0.1) is 0 Å². The van der Waals surface area contributed by atoms with Crippen molar-refractivity contribution < 1.29 is 0 Å². The monoisotopic (exact) mass is 462 g/mol. The van der Waals surface area contributed by atoms with Gasteiger partial charge in [0, 0.05) is 51.2 Å². The van der Waals surface area contributed by atoms with Crippen LogP contribution in [0, 0.1) is 5.92 Å². The Labute approximate surface area is 169 Å². The number of piperidine rings is 1. The Morgan fingerprint density at radius 1 is 1.36 bits per heavy atom. The number of halogens is 1. The van der Waals surface area contributed by atoms with Gasteiger partial charge in [-0.1, -0.05) is 0 Å². The zero-order valence-corrected chi connectivity index (χ0v) is 18.3. The van der Waals surface area contributed by atoms with E-state index >= 15 is 0 Å². The van der Waals surface area contributed by atoms with Crippen LogP contribution < -0.4 is 10.6 Å². The minimum absolute atomic E-state index is 0. The van der Waals surface area contributed by atoms with E-state index in [9.17, 15) is 0 Å². The fraction of sp³-hybridized carbons (Fsp3) is 0.778. The molecule has 0 aliphatic carbocycles. The molecule has 1 aromatic heterocycles. The third-order valence-electron chi connectivity index (χ3n) is 4.55. The van der Waals surface area contributed by atoms with Crippen LogP contribution in [0.1, 0.15) is 40.0 Å². The summed E-state index contributed by atoms with van der Waals surface area (Å²) in [5, 5.41) is 11.0. The van der Waals surface area contributed by atoms with Crippen LogP contribution >= 0.6 is 24.0 Å². The van der Waals surface area contributed by atoms with Gasteiger partial charge in [0.25, 0.3) is 0 Å². The van der Waals surface area contributed by atoms with Crippen molar-refractivity contribution in [3.8, 4) is 0 Å². The summed E-state index contributed by atoms with van der Waals surface area (Å²) in [5.41, 5.74) is 0. The molecule has 2 rings (SSSR count). The molecule has 1 saturated heterocycles. The lowest BCUT2D eigenvalue weighted by Crippen LogP contribution is -2.42. The highest BCUT2D eigenvalue weighted by atomic mass is 127. The molecule has 2 heterocycles. The first-order valence-corrected chi connectivity index (χ1v) is 9.42. The summed E-state index contributed by atoms with van der Waals surface area (Å²) in [6.45, 7) is 12.8. The van der Waals surface area contributed by atoms with Crippen LogP contribution in [0.5, 0.6) is 0 Å². The Kier molecular flexibility index (Phi) is 11.1. The number of aromatic nitrogens is 2. The smallest absolute Gasteiger partial charge is 0.191 e. The lowest BCUT2D eigenvalue weighted by Gasteiger charge is -2.34. The Morgan fingerprint density at radius 2 is 2.20 bits per heavy atom. The second-order valence-electron chi connectivity index (χ2n) is 6.87. The van der Waals surface area contributed by atoms with E-state index in [2.05, 4.69) is 41.4 Å². The van der Waals surface area contributed by atoms with Crippen molar-refractivity contribution in [2.75, 3.05) is 32.7 Å². The minimum Gasteiger partial charge on any atom is -0.357 e. The summed E-state index contributed by atoms with van der Waals surface area (Å²) < 4.78 is 1.97. The first kappa shape index (κ1) is 22.2. The molecule has 0 amide bonds. The fourth-order valence-corrected chi connectivity index (χ4v) is 3.16. The van der Waals surface area contributed by atoms with Gasteiger partial charge in [-0.2, -0.15) is 5.10 Å². The molecule has 1 aromatic rings. The van der Waals surface area contributed by atoms with Gasteiger partial charge in [-0.25, -0.2) is 0 Å². The summed E-state index contributed by atoms with van der Waals surface area (Å²) in [6, 6.07) is 2.61. The second-order valence-corrected chi connectivity index (χ2v) is 6.87. The van der Waals surface area contributed by atoms with E-state index in [4.69, 9.17) is 4.99 Å². The fourth-order valence-electron chi connectivity index (χ4n) is 3.16. The first-order valence-electron chi connectivity index (χ1n) is 9.42. The molecule has 1 atom stereocenters. The lowest BCUT2D eigenvalue weighted by atomic mass is 9.97. The molecular weight excluding hydrogens is 427 g/mol. The average molecular weight is 462 g/mol. The molecule has 7 heteroatoms. The highest BCUT2D eigenvalue weighted by molar-refractivity contribution is 14.0. The molecule has 1 aliphatic heterocycles. The molecule has 0 saturated carbocycles. The molecule has 6 nitrogen and oxygen atoms in total. The van der Waals surface area contributed by atoms with E-state index in [1.54, 1.807) is 0 Å². The molecule has 0 aromatic carbocycles. The lowest BCUT2D eigenvalue weighted by molar-refractivity contribution is 0.143. The highest BCUT2D eigenvalue weighted by Crippen LogP contribution is 2.18. The van der Waals surface area contributed by atoms with Gasteiger partial charge in [0.15, 0.2) is 5.96 Å². The van der Waals surface area contributed by atoms with Gasteiger partial charge in [0.2, 0.25) is 0 Å². The summed E-state index contributed by atoms with van der Waals surface area (Å²) in [4.78, 5) is 7.39. The number of aliphatic imine (C=N–C) groups is 1. The average Bonchev–Trinajstić information content (AvgIpc) is 3.10. The van der Waals surface area contributed by atoms with Crippen LogP contribution in [0.25, 0.3) is 0 Å². The van der Waals surface area contributed by atoms with Gasteiger partial charge >= 0.3 is 0 Å². The number of hydrogen-bond donors (Lipinski definition) is 2. The highest BCUT2D eigenvalue weighted by Gasteiger charge is 2.21. The predicted molar refractivity (Wildman–Crippen MR) is 116 cm³/mol. The van der Waals surface area contributed by atoms with Crippen molar-refractivity contribution in [2.24, 2.45) is 10.9 Å². The quantitative estimate of drug-likeness (QED) is 0.270. The van der Waals surface area contributed by atoms with Crippen LogP contribution in [0.15, 0.2) is 23.5 Å². The SMILES string of the molecule is CCNC(=NCC1CCCN(C(C)C)C1)NCCCn1cccn1.I. The molecule has 1 aliphatic rings. The van der Waals surface area contributed by atoms with Gasteiger partial charge in [-0.15, -0.1) is 24.0 Å². The largest absolute Gasteiger partial charge is 0.357 e. The molecule has 1 fully saturated rings. The minimum atomic E-state index is 0. The number of rotatable bonds is 8. The van der Waals surface area contributed by atoms with E-state index in [0.717, 1.165) is 38.6 Å². The summed E-state index contributed by atoms with van der Waals surface area (Å²) in [7, 11) is 0. The maximum Gasteiger partial charge on any atom is 0.191 e. The molecule has 1 unspecified atom stereocenters. The molecular formula is C18H35IN6. The third kappa shape index (κ3) is 8.40. The van der Waals surface area contributed by atoms with Crippen molar-refractivity contribution in [2.45, 2.75) is 52.6 Å². The summed E-state index contributed by atoms with van der Waals surface area (Å²) in [6.07, 6.45) is 7.46. The number of hydrogen-bond acceptors (Lipinski definition) is 3. The van der Waals surface area contributed by atoms with Crippen LogP contribution in [0.4, 0.5) is 0 Å². The van der Waals surface area contributed by atoms with Crippen LogP contribution in [-0.2, 0) is 6.54 Å². The molecule has 0 spiro atoms. The zero-order valence-electron chi connectivity index (χ0n) is 15.9. The van der Waals surface area contributed by atoms with E-state index in [1.807, 2.05) is 23.1 Å². The molecule has 0 radical (unpaired) electrons. The summed E-state index contributed by atoms with van der Waals surface area (Å²) >= 11 is 0. The Bertz CT molecular complexity index is 474. The van der Waals surface area contributed by atoms with Gasteiger partial charge in [0.1, 0.15) is 0 Å². The number of nitrogens with zero attached hydrogens (tertiary/aromatic N) is 4. The van der Waals surface area contributed by atoms with Crippen LogP contribution in [0.2, 0.25) is 0 Å². The van der Waals surface area contributed by atoms with Gasteiger partial charge < -0.3 is 15.5 Å². The van der Waals surface area contributed by atoms with Crippen molar-refractivity contribution in [3.05, 3.63) is 18.5 Å². The Morgan fingerprint density at radius 3 is 2.88 bits per heavy atom. The van der Waals surface area contributed by atoms with Gasteiger partial charge in [-0.05, 0) is 58.6 Å². The standard InChI is InChI=1S/C18H34N6.HI/c1-4-19-18(20-9-6-12-24-13-7-10-22-24)21-14-17-8-5-11-23(15-17)16(2)3;/h7,10,13,16-17H,4-6,8-9,11-12,14-15H2,1-3H3,(H2,19,20,21);1H. The van der Waals surface area contributed by atoms with E-state index < -0.39 is 0 Å². The van der Waals surface area contributed by atoms with E-state index in [0.29, 0.717) is 12.0 Å². The van der Waals surface area contributed by atoms with Crippen LogP contribution in [-0.4, -0.2) is 59.4 Å². The Balaban J connectivity index is 0.00000312. The molecule has 0 bridgehead atoms. The molecule has 25 heavy (non-hydrogen) atoms. The maximum absolute atomic E-state index is 4.81. The van der Waals surface area contributed by atoms with Crippen molar-refractivity contribution in [1.29, 1.82) is 0 Å². The van der Waals surface area contributed by atoms with Crippen LogP contribution in [0.3, 0.4) is 0 Å². The molecule has 2 N–H and O–H groups in total. The number of aryl methyl sites for hydroxylation is 1. The van der Waals surface area contributed by atoms with Gasteiger partial charge in [-0.3, -0.25) is 9.67 Å². The van der Waals surface area contributed by atoms with E-state index in [1.165, 1.54) is 25.9 Å². The number of nitrogens with one attached hydrogen (secondary N) is 2. The van der Waals surface area contributed by atoms with Crippen molar-refractivity contribution in [3.63, 3.8) is 0 Å². The maximum atomic E-state index is 4.81. The van der Waals surface area contributed by atoms with Crippen molar-refractivity contribution in [1.82, 2.24) is 25.3 Å². The zero-order chi connectivity index (χ0) is 17.2. The normalized spacial score (nSPS) is 18.9. The van der Waals surface area contributed by atoms with E-state index in [-0.39, 0.29) is 24.0 Å². The van der Waals surface area contributed by atoms with Crippen molar-refractivity contribution >= 4 is 29.9 Å². The summed E-state index contributed by atoms with van der Waals surface area (Å²) in [5.74, 6) is 1.63.